The van der Waals surface area contributed by atoms with Crippen molar-refractivity contribution in [3.63, 3.8) is 0 Å². The molecule has 0 radical (unpaired) electrons. The number of nitrogens with one attached hydrogen (secondary N) is 2. The van der Waals surface area contributed by atoms with Crippen molar-refractivity contribution in [2.45, 2.75) is 64.3 Å². The second-order valence-electron chi connectivity index (χ2n) is 10.3. The molecule has 2 N–H and O–H groups in total. The first-order valence-corrected chi connectivity index (χ1v) is 12.8. The van der Waals surface area contributed by atoms with Crippen molar-refractivity contribution in [3.05, 3.63) is 59.2 Å². The number of carbonyl (C=O) groups is 1. The molecule has 1 unspecified atom stereocenters. The highest BCUT2D eigenvalue weighted by molar-refractivity contribution is 5.75. The SMILES string of the molecule is Cc1ccc(NC2CCC(CCN(C)C(=O)CCC3CNc4ccccc4C3)CC2)cc1C#N. The highest BCUT2D eigenvalue weighted by atomic mass is 16.2. The van der Waals surface area contributed by atoms with Gasteiger partial charge in [-0.2, -0.15) is 5.26 Å². The quantitative estimate of drug-likeness (QED) is 0.528. The lowest BCUT2D eigenvalue weighted by atomic mass is 9.84. The Kier molecular flexibility index (Phi) is 8.11. The van der Waals surface area contributed by atoms with Crippen molar-refractivity contribution in [1.82, 2.24) is 4.90 Å². The summed E-state index contributed by atoms with van der Waals surface area (Å²) in [6.07, 6.45) is 8.45. The summed E-state index contributed by atoms with van der Waals surface area (Å²) >= 11 is 0. The molecule has 1 heterocycles. The number of nitriles is 1. The molecular weight excluding hydrogens is 420 g/mol. The van der Waals surface area contributed by atoms with E-state index >= 15 is 0 Å². The van der Waals surface area contributed by atoms with E-state index in [1.165, 1.54) is 24.1 Å². The Morgan fingerprint density at radius 2 is 1.91 bits per heavy atom. The number of amides is 1. The molecule has 1 amide bonds. The van der Waals surface area contributed by atoms with Gasteiger partial charge in [0.25, 0.3) is 0 Å². The minimum atomic E-state index is 0.280. The van der Waals surface area contributed by atoms with Gasteiger partial charge < -0.3 is 15.5 Å². The summed E-state index contributed by atoms with van der Waals surface area (Å²) in [5, 5.41) is 16.4. The van der Waals surface area contributed by atoms with E-state index in [9.17, 15) is 10.1 Å². The van der Waals surface area contributed by atoms with Gasteiger partial charge in [-0.3, -0.25) is 4.79 Å². The number of rotatable bonds is 8. The van der Waals surface area contributed by atoms with Crippen molar-refractivity contribution in [1.29, 1.82) is 5.26 Å². The van der Waals surface area contributed by atoms with E-state index in [4.69, 9.17) is 0 Å². The lowest BCUT2D eigenvalue weighted by Gasteiger charge is -2.31. The van der Waals surface area contributed by atoms with Crippen molar-refractivity contribution in [3.8, 4) is 6.07 Å². The molecule has 2 aromatic carbocycles. The van der Waals surface area contributed by atoms with Crippen LogP contribution in [0.5, 0.6) is 0 Å². The lowest BCUT2D eigenvalue weighted by Crippen LogP contribution is -2.32. The van der Waals surface area contributed by atoms with Gasteiger partial charge in [-0.1, -0.05) is 24.3 Å². The zero-order valence-corrected chi connectivity index (χ0v) is 20.6. The van der Waals surface area contributed by atoms with Crippen molar-refractivity contribution in [2.75, 3.05) is 30.8 Å². The van der Waals surface area contributed by atoms with Crippen LogP contribution in [-0.2, 0) is 11.2 Å². The third-order valence-corrected chi connectivity index (χ3v) is 7.75. The van der Waals surface area contributed by atoms with Crippen LogP contribution in [0.25, 0.3) is 0 Å². The Bertz CT molecular complexity index is 1020. The Labute approximate surface area is 204 Å². The number of para-hydroxylation sites is 1. The summed E-state index contributed by atoms with van der Waals surface area (Å²) in [4.78, 5) is 14.7. The van der Waals surface area contributed by atoms with Crippen LogP contribution in [0.4, 0.5) is 11.4 Å². The van der Waals surface area contributed by atoms with E-state index in [1.807, 2.05) is 31.0 Å². The number of aryl methyl sites for hydroxylation is 1. The highest BCUT2D eigenvalue weighted by Crippen LogP contribution is 2.30. The fraction of sp³-hybridized carbons (Fsp3) is 0.517. The predicted molar refractivity (Wildman–Crippen MR) is 139 cm³/mol. The van der Waals surface area contributed by atoms with Crippen LogP contribution in [0.1, 0.15) is 61.6 Å². The van der Waals surface area contributed by atoms with E-state index in [1.54, 1.807) is 0 Å². The first-order chi connectivity index (χ1) is 16.5. The van der Waals surface area contributed by atoms with Gasteiger partial charge in [-0.15, -0.1) is 0 Å². The van der Waals surface area contributed by atoms with Gasteiger partial charge in [-0.05, 0) is 93.0 Å². The minimum Gasteiger partial charge on any atom is -0.385 e. The smallest absolute Gasteiger partial charge is 0.222 e. The molecule has 0 spiro atoms. The number of carbonyl (C=O) groups excluding carboxylic acids is 1. The van der Waals surface area contributed by atoms with Crippen LogP contribution in [0, 0.1) is 30.1 Å². The normalized spacial score (nSPS) is 21.6. The summed E-state index contributed by atoms with van der Waals surface area (Å²) in [5.41, 5.74) is 5.44. The van der Waals surface area contributed by atoms with Crippen LogP contribution < -0.4 is 10.6 Å². The van der Waals surface area contributed by atoms with Crippen molar-refractivity contribution < 1.29 is 4.79 Å². The van der Waals surface area contributed by atoms with E-state index in [0.29, 0.717) is 24.3 Å². The molecular formula is C29H38N4O. The molecule has 1 saturated carbocycles. The second-order valence-corrected chi connectivity index (χ2v) is 10.3. The van der Waals surface area contributed by atoms with Crippen molar-refractivity contribution in [2.24, 2.45) is 11.8 Å². The topological polar surface area (TPSA) is 68.2 Å². The van der Waals surface area contributed by atoms with Gasteiger partial charge in [0.15, 0.2) is 0 Å². The molecule has 180 valence electrons. The number of hydrogen-bond donors (Lipinski definition) is 2. The van der Waals surface area contributed by atoms with E-state index in [2.05, 4.69) is 47.0 Å². The molecule has 1 aliphatic heterocycles. The van der Waals surface area contributed by atoms with Gasteiger partial charge in [0, 0.05) is 44.0 Å². The van der Waals surface area contributed by atoms with E-state index < -0.39 is 0 Å². The summed E-state index contributed by atoms with van der Waals surface area (Å²) in [7, 11) is 1.97. The van der Waals surface area contributed by atoms with Gasteiger partial charge in [0.2, 0.25) is 5.91 Å². The highest BCUT2D eigenvalue weighted by Gasteiger charge is 2.23. The Balaban J connectivity index is 1.13. The maximum Gasteiger partial charge on any atom is 0.222 e. The summed E-state index contributed by atoms with van der Waals surface area (Å²) < 4.78 is 0. The molecule has 1 fully saturated rings. The Morgan fingerprint density at radius 3 is 2.71 bits per heavy atom. The van der Waals surface area contributed by atoms with Gasteiger partial charge in [-0.25, -0.2) is 0 Å². The molecule has 34 heavy (non-hydrogen) atoms. The zero-order chi connectivity index (χ0) is 23.9. The van der Waals surface area contributed by atoms with Gasteiger partial charge >= 0.3 is 0 Å². The Hall–Kier alpha value is -3.00. The molecule has 2 aliphatic rings. The fourth-order valence-corrected chi connectivity index (χ4v) is 5.40. The Morgan fingerprint density at radius 1 is 1.12 bits per heavy atom. The molecule has 1 atom stereocenters. The summed E-state index contributed by atoms with van der Waals surface area (Å²) in [5.74, 6) is 1.51. The predicted octanol–water partition coefficient (Wildman–Crippen LogP) is 5.75. The lowest BCUT2D eigenvalue weighted by molar-refractivity contribution is -0.130. The molecule has 5 nitrogen and oxygen atoms in total. The molecule has 4 rings (SSSR count). The largest absolute Gasteiger partial charge is 0.385 e. The van der Waals surface area contributed by atoms with Crippen LogP contribution >= 0.6 is 0 Å². The summed E-state index contributed by atoms with van der Waals surface area (Å²) in [6.45, 7) is 3.80. The van der Waals surface area contributed by atoms with Crippen LogP contribution in [0.2, 0.25) is 0 Å². The zero-order valence-electron chi connectivity index (χ0n) is 20.6. The van der Waals surface area contributed by atoms with Gasteiger partial charge in [0.1, 0.15) is 0 Å². The standard InChI is InChI=1S/C29H38N4O/c1-21-7-11-27(18-25(21)19-30)32-26-12-8-22(9-13-26)15-16-33(2)29(34)14-10-23-17-24-5-3-4-6-28(24)31-20-23/h3-7,11,18,22-23,26,31-32H,8-10,12-17,20H2,1-2H3. The number of hydrogen-bond acceptors (Lipinski definition) is 4. The van der Waals surface area contributed by atoms with E-state index in [-0.39, 0.29) is 5.91 Å². The molecule has 2 aromatic rings. The first-order valence-electron chi connectivity index (χ1n) is 12.8. The molecule has 0 aromatic heterocycles. The maximum atomic E-state index is 12.7. The number of fused-ring (bicyclic) bond motifs is 1. The average molecular weight is 459 g/mol. The number of benzene rings is 2. The minimum absolute atomic E-state index is 0.280. The third kappa shape index (κ3) is 6.32. The van der Waals surface area contributed by atoms with Crippen LogP contribution in [0.15, 0.2) is 42.5 Å². The second kappa shape index (κ2) is 11.4. The number of nitrogens with zero attached hydrogens (tertiary/aromatic N) is 2. The molecule has 1 aliphatic carbocycles. The number of anilines is 2. The monoisotopic (exact) mass is 458 g/mol. The first kappa shape index (κ1) is 24.1. The molecule has 5 heteroatoms. The van der Waals surface area contributed by atoms with Crippen LogP contribution in [0.3, 0.4) is 0 Å². The van der Waals surface area contributed by atoms with Gasteiger partial charge in [0.05, 0.1) is 11.6 Å². The fourth-order valence-electron chi connectivity index (χ4n) is 5.40. The van der Waals surface area contributed by atoms with E-state index in [0.717, 1.165) is 62.0 Å². The molecule has 0 saturated heterocycles. The average Bonchev–Trinajstić information content (AvgIpc) is 2.87. The third-order valence-electron chi connectivity index (χ3n) is 7.75. The maximum absolute atomic E-state index is 12.7. The summed E-state index contributed by atoms with van der Waals surface area (Å²) in [6, 6.07) is 17.3. The van der Waals surface area contributed by atoms with Crippen LogP contribution in [-0.4, -0.2) is 37.0 Å². The molecule has 0 bridgehead atoms. The van der Waals surface area contributed by atoms with Crippen molar-refractivity contribution >= 4 is 17.3 Å².